The van der Waals surface area contributed by atoms with Crippen molar-refractivity contribution in [3.63, 3.8) is 0 Å². The van der Waals surface area contributed by atoms with E-state index in [2.05, 4.69) is 27.6 Å². The highest BCUT2D eigenvalue weighted by atomic mass is 32.2. The van der Waals surface area contributed by atoms with E-state index in [0.29, 0.717) is 11.8 Å². The van der Waals surface area contributed by atoms with Gasteiger partial charge in [0.15, 0.2) is 11.0 Å². The van der Waals surface area contributed by atoms with E-state index in [-0.39, 0.29) is 11.7 Å². The summed E-state index contributed by atoms with van der Waals surface area (Å²) in [6, 6.07) is 14.1. The number of ether oxygens (including phenoxy) is 1. The molecule has 0 saturated carbocycles. The molecule has 6 nitrogen and oxygen atoms in total. The van der Waals surface area contributed by atoms with E-state index < -0.39 is 0 Å². The summed E-state index contributed by atoms with van der Waals surface area (Å²) in [4.78, 5) is 12.2. The summed E-state index contributed by atoms with van der Waals surface area (Å²) in [6.45, 7) is 2.34. The zero-order chi connectivity index (χ0) is 20.9. The Morgan fingerprint density at radius 3 is 2.80 bits per heavy atom. The Labute approximate surface area is 181 Å². The molecule has 156 valence electrons. The number of carbonyl (C=O) groups is 1. The molecule has 4 rings (SSSR count). The number of carbonyl (C=O) groups excluding carboxylic acids is 1. The topological polar surface area (TPSA) is 69.0 Å². The molecule has 0 saturated heterocycles. The summed E-state index contributed by atoms with van der Waals surface area (Å²) in [7, 11) is 1.90. The van der Waals surface area contributed by atoms with Crippen LogP contribution in [0.3, 0.4) is 0 Å². The number of benzene rings is 2. The second kappa shape index (κ2) is 9.34. The Balaban J connectivity index is 1.31. The molecule has 0 bridgehead atoms. The van der Waals surface area contributed by atoms with E-state index in [1.54, 1.807) is 0 Å². The van der Waals surface area contributed by atoms with Gasteiger partial charge >= 0.3 is 0 Å². The molecule has 0 spiro atoms. The van der Waals surface area contributed by atoms with Gasteiger partial charge in [-0.2, -0.15) is 0 Å². The maximum Gasteiger partial charge on any atom is 0.234 e. The third-order valence-electron chi connectivity index (χ3n) is 5.25. The number of nitrogens with zero attached hydrogens (tertiary/aromatic N) is 3. The van der Waals surface area contributed by atoms with Crippen LogP contribution in [0.2, 0.25) is 0 Å². The van der Waals surface area contributed by atoms with Crippen molar-refractivity contribution in [2.75, 3.05) is 11.1 Å². The Morgan fingerprint density at radius 2 is 1.97 bits per heavy atom. The van der Waals surface area contributed by atoms with Gasteiger partial charge in [0.2, 0.25) is 5.91 Å². The maximum atomic E-state index is 12.2. The third-order valence-corrected chi connectivity index (χ3v) is 6.27. The molecule has 2 aromatic carbocycles. The highest BCUT2D eigenvalue weighted by Gasteiger charge is 2.14. The van der Waals surface area contributed by atoms with Gasteiger partial charge in [-0.25, -0.2) is 0 Å². The molecule has 1 aliphatic rings. The van der Waals surface area contributed by atoms with Crippen LogP contribution in [0.1, 0.15) is 35.4 Å². The van der Waals surface area contributed by atoms with Crippen LogP contribution < -0.4 is 10.1 Å². The van der Waals surface area contributed by atoms with Crippen LogP contribution in [0.25, 0.3) is 0 Å². The van der Waals surface area contributed by atoms with Crippen LogP contribution >= 0.6 is 11.8 Å². The lowest BCUT2D eigenvalue weighted by atomic mass is 9.92. The van der Waals surface area contributed by atoms with E-state index >= 15 is 0 Å². The quantitative estimate of drug-likeness (QED) is 0.575. The predicted molar refractivity (Wildman–Crippen MR) is 119 cm³/mol. The van der Waals surface area contributed by atoms with E-state index in [9.17, 15) is 4.79 Å². The number of thioether (sulfide) groups is 1. The Kier molecular flexibility index (Phi) is 6.38. The first-order valence-corrected chi connectivity index (χ1v) is 11.2. The van der Waals surface area contributed by atoms with Gasteiger partial charge < -0.3 is 14.6 Å². The largest absolute Gasteiger partial charge is 0.486 e. The van der Waals surface area contributed by atoms with E-state index in [1.165, 1.54) is 35.7 Å². The fourth-order valence-electron chi connectivity index (χ4n) is 3.59. The second-order valence-electron chi connectivity index (χ2n) is 7.59. The fraction of sp³-hybridized carbons (Fsp3) is 0.348. The first kappa shape index (κ1) is 20.5. The number of aromatic nitrogens is 3. The molecular weight excluding hydrogens is 396 g/mol. The van der Waals surface area contributed by atoms with Crippen molar-refractivity contribution in [3.8, 4) is 5.75 Å². The molecule has 0 aliphatic heterocycles. The molecule has 3 aromatic rings. The first-order valence-electron chi connectivity index (χ1n) is 10.2. The standard InChI is InChI=1S/C23H26N4O2S/c1-16-6-5-9-19(12-16)24-22(28)15-30-23-26-25-21(27(23)2)14-29-20-11-10-17-7-3-4-8-18(17)13-20/h5-6,9-13H,3-4,7-8,14-15H2,1-2H3,(H,24,28). The van der Waals surface area contributed by atoms with Gasteiger partial charge in [-0.05, 0) is 73.6 Å². The van der Waals surface area contributed by atoms with Crippen molar-refractivity contribution in [1.29, 1.82) is 0 Å². The van der Waals surface area contributed by atoms with E-state index in [1.807, 2.05) is 48.9 Å². The van der Waals surface area contributed by atoms with Crippen LogP contribution in [0.5, 0.6) is 5.75 Å². The lowest BCUT2D eigenvalue weighted by Crippen LogP contribution is -2.14. The minimum atomic E-state index is -0.0690. The summed E-state index contributed by atoms with van der Waals surface area (Å²) < 4.78 is 7.83. The summed E-state index contributed by atoms with van der Waals surface area (Å²) in [6.07, 6.45) is 4.81. The Bertz CT molecular complexity index is 1050. The molecule has 7 heteroatoms. The van der Waals surface area contributed by atoms with Crippen molar-refractivity contribution < 1.29 is 9.53 Å². The van der Waals surface area contributed by atoms with Gasteiger partial charge in [0.25, 0.3) is 0 Å². The lowest BCUT2D eigenvalue weighted by Gasteiger charge is -2.16. The average molecular weight is 423 g/mol. The van der Waals surface area contributed by atoms with E-state index in [4.69, 9.17) is 4.74 Å². The first-order chi connectivity index (χ1) is 14.6. The summed E-state index contributed by atoms with van der Waals surface area (Å²) in [5, 5.41) is 12.0. The Hall–Kier alpha value is -2.80. The second-order valence-corrected chi connectivity index (χ2v) is 8.53. The van der Waals surface area contributed by atoms with Crippen LogP contribution in [-0.4, -0.2) is 26.4 Å². The average Bonchev–Trinajstić information content (AvgIpc) is 3.10. The highest BCUT2D eigenvalue weighted by molar-refractivity contribution is 7.99. The van der Waals surface area contributed by atoms with Gasteiger partial charge in [-0.1, -0.05) is 30.0 Å². The Morgan fingerprint density at radius 1 is 1.13 bits per heavy atom. The predicted octanol–water partition coefficient (Wildman–Crippen LogP) is 4.31. The van der Waals surface area contributed by atoms with Crippen molar-refractivity contribution in [2.24, 2.45) is 7.05 Å². The minimum Gasteiger partial charge on any atom is -0.486 e. The third kappa shape index (κ3) is 5.02. The molecule has 0 fully saturated rings. The number of hydrogen-bond acceptors (Lipinski definition) is 5. The number of anilines is 1. The SMILES string of the molecule is Cc1cccc(NC(=O)CSc2nnc(COc3ccc4c(c3)CCCC4)n2C)c1. The monoisotopic (exact) mass is 422 g/mol. The number of nitrogens with one attached hydrogen (secondary N) is 1. The molecular formula is C23H26N4O2S. The van der Waals surface area contributed by atoms with Crippen LogP contribution in [0.4, 0.5) is 5.69 Å². The normalized spacial score (nSPS) is 13.0. The number of fused-ring (bicyclic) bond motifs is 1. The molecule has 1 amide bonds. The molecule has 30 heavy (non-hydrogen) atoms. The van der Waals surface area contributed by atoms with Gasteiger partial charge in [0.05, 0.1) is 5.75 Å². The zero-order valence-electron chi connectivity index (χ0n) is 17.4. The number of amides is 1. The summed E-state index contributed by atoms with van der Waals surface area (Å²) in [5.41, 5.74) is 4.75. The number of aryl methyl sites for hydroxylation is 3. The van der Waals surface area contributed by atoms with E-state index in [0.717, 1.165) is 35.7 Å². The molecule has 1 N–H and O–H groups in total. The zero-order valence-corrected chi connectivity index (χ0v) is 18.2. The summed E-state index contributed by atoms with van der Waals surface area (Å²) >= 11 is 1.36. The maximum absolute atomic E-state index is 12.2. The molecule has 0 radical (unpaired) electrons. The van der Waals surface area contributed by atoms with Crippen molar-refractivity contribution in [3.05, 3.63) is 65.0 Å². The molecule has 0 atom stereocenters. The molecule has 0 unspecified atom stereocenters. The van der Waals surface area contributed by atoms with Gasteiger partial charge in [0, 0.05) is 12.7 Å². The number of rotatable bonds is 7. The van der Waals surface area contributed by atoms with Crippen molar-refractivity contribution in [2.45, 2.75) is 44.4 Å². The van der Waals surface area contributed by atoms with Crippen molar-refractivity contribution in [1.82, 2.24) is 14.8 Å². The van der Waals surface area contributed by atoms with Crippen LogP contribution in [0.15, 0.2) is 47.6 Å². The van der Waals surface area contributed by atoms with Gasteiger partial charge in [-0.3, -0.25) is 4.79 Å². The molecule has 1 heterocycles. The fourth-order valence-corrected chi connectivity index (χ4v) is 4.32. The van der Waals surface area contributed by atoms with Crippen LogP contribution in [-0.2, 0) is 31.3 Å². The smallest absolute Gasteiger partial charge is 0.234 e. The minimum absolute atomic E-state index is 0.0690. The highest BCUT2D eigenvalue weighted by Crippen LogP contribution is 2.26. The summed E-state index contributed by atoms with van der Waals surface area (Å²) in [5.74, 6) is 1.80. The van der Waals surface area contributed by atoms with Gasteiger partial charge in [-0.15, -0.1) is 10.2 Å². The molecule has 1 aromatic heterocycles. The van der Waals surface area contributed by atoms with Crippen LogP contribution in [0, 0.1) is 6.92 Å². The molecule has 1 aliphatic carbocycles. The lowest BCUT2D eigenvalue weighted by molar-refractivity contribution is -0.113. The van der Waals surface area contributed by atoms with Gasteiger partial charge in [0.1, 0.15) is 12.4 Å². The number of hydrogen-bond donors (Lipinski definition) is 1. The van der Waals surface area contributed by atoms with Crippen molar-refractivity contribution >= 4 is 23.4 Å².